The molecule has 100 valence electrons. The van der Waals surface area contributed by atoms with Crippen LogP contribution in [0.4, 0.5) is 4.39 Å². The summed E-state index contributed by atoms with van der Waals surface area (Å²) in [6, 6.07) is 2.79. The Labute approximate surface area is 102 Å². The summed E-state index contributed by atoms with van der Waals surface area (Å²) in [7, 11) is 0. The molecule has 0 bridgehead atoms. The van der Waals surface area contributed by atoms with E-state index in [2.05, 4.69) is 5.32 Å². The molecule has 1 aromatic rings. The lowest BCUT2D eigenvalue weighted by molar-refractivity contribution is 0.0374. The van der Waals surface area contributed by atoms with E-state index in [9.17, 15) is 14.3 Å². The molecule has 0 aliphatic carbocycles. The summed E-state index contributed by atoms with van der Waals surface area (Å²) >= 11 is 0. The molecule has 1 amide bonds. The Morgan fingerprint density at radius 1 is 1.22 bits per heavy atom. The molecule has 0 spiro atoms. The van der Waals surface area contributed by atoms with Crippen LogP contribution in [0.1, 0.15) is 10.4 Å². The fourth-order valence-electron chi connectivity index (χ4n) is 1.27. The molecule has 5 N–H and O–H groups in total. The van der Waals surface area contributed by atoms with Gasteiger partial charge in [-0.25, -0.2) is 4.39 Å². The number of hydrogen-bond donors (Lipinski definition) is 5. The van der Waals surface area contributed by atoms with Crippen molar-refractivity contribution in [1.82, 2.24) is 5.32 Å². The average molecular weight is 259 g/mol. The smallest absolute Gasteiger partial charge is 0.255 e. The van der Waals surface area contributed by atoms with Crippen LogP contribution < -0.4 is 5.32 Å². The molecular formula is C11H14FNO5. The quantitative estimate of drug-likeness (QED) is 0.465. The maximum absolute atomic E-state index is 12.7. The van der Waals surface area contributed by atoms with E-state index < -0.39 is 42.8 Å². The molecular weight excluding hydrogens is 245 g/mol. The van der Waals surface area contributed by atoms with E-state index in [1.807, 2.05) is 0 Å². The fraction of sp³-hybridized carbons (Fsp3) is 0.364. The first-order valence-corrected chi connectivity index (χ1v) is 5.11. The predicted octanol–water partition coefficient (Wildman–Crippen LogP) is -1.02. The first kappa shape index (κ1) is 14.4. The summed E-state index contributed by atoms with van der Waals surface area (Å²) in [6.45, 7) is -2.06. The number of phenolic OH excluding ortho intramolecular Hbond substituents is 1. The Hall–Kier alpha value is -1.70. The predicted molar refractivity (Wildman–Crippen MR) is 59.5 cm³/mol. The van der Waals surface area contributed by atoms with Crippen LogP contribution in [0.3, 0.4) is 0 Å². The number of amides is 1. The number of nitrogens with one attached hydrogen (secondary N) is 1. The third-order valence-corrected chi connectivity index (χ3v) is 2.49. The third-order valence-electron chi connectivity index (χ3n) is 2.49. The lowest BCUT2D eigenvalue weighted by Gasteiger charge is -2.28. The van der Waals surface area contributed by atoms with Crippen LogP contribution in [0, 0.1) is 5.82 Å². The molecule has 0 saturated carbocycles. The van der Waals surface area contributed by atoms with Gasteiger partial charge in [0.2, 0.25) is 0 Å². The van der Waals surface area contributed by atoms with Crippen molar-refractivity contribution in [3.63, 3.8) is 0 Å². The molecule has 1 aromatic carbocycles. The van der Waals surface area contributed by atoms with E-state index >= 15 is 0 Å². The maximum Gasteiger partial charge on any atom is 0.255 e. The van der Waals surface area contributed by atoms with E-state index in [-0.39, 0.29) is 5.56 Å². The second-order valence-electron chi connectivity index (χ2n) is 3.87. The highest BCUT2D eigenvalue weighted by Crippen LogP contribution is 2.18. The summed E-state index contributed by atoms with van der Waals surface area (Å²) in [4.78, 5) is 11.7. The van der Waals surface area contributed by atoms with Crippen LogP contribution in [-0.4, -0.2) is 51.7 Å². The summed E-state index contributed by atoms with van der Waals surface area (Å²) in [5.41, 5.74) is -1.83. The first-order valence-electron chi connectivity index (χ1n) is 5.11. The number of carbonyl (C=O) groups is 1. The number of aliphatic hydroxyl groups is 3. The van der Waals surface area contributed by atoms with Gasteiger partial charge < -0.3 is 25.7 Å². The number of halogens is 1. The van der Waals surface area contributed by atoms with Crippen LogP contribution in [-0.2, 0) is 0 Å². The Morgan fingerprint density at radius 3 is 2.22 bits per heavy atom. The van der Waals surface area contributed by atoms with Crippen molar-refractivity contribution in [1.29, 1.82) is 0 Å². The maximum atomic E-state index is 12.7. The lowest BCUT2D eigenvalue weighted by atomic mass is 10.0. The van der Waals surface area contributed by atoms with Crippen LogP contribution >= 0.6 is 0 Å². The zero-order valence-corrected chi connectivity index (χ0v) is 9.43. The Kier molecular flexibility index (Phi) is 4.60. The minimum absolute atomic E-state index is 0.226. The molecule has 0 aliphatic rings. The largest absolute Gasteiger partial charge is 0.507 e. The van der Waals surface area contributed by atoms with E-state index in [4.69, 9.17) is 15.3 Å². The van der Waals surface area contributed by atoms with E-state index in [0.717, 1.165) is 18.2 Å². The molecule has 0 aliphatic heterocycles. The van der Waals surface area contributed by atoms with Gasteiger partial charge in [0.1, 0.15) is 17.1 Å². The molecule has 0 heterocycles. The molecule has 18 heavy (non-hydrogen) atoms. The third kappa shape index (κ3) is 2.95. The Bertz CT molecular complexity index is 425. The highest BCUT2D eigenvalue weighted by Gasteiger charge is 2.31. The normalized spacial score (nSPS) is 11.3. The zero-order chi connectivity index (χ0) is 13.8. The molecule has 7 heteroatoms. The summed E-state index contributed by atoms with van der Waals surface area (Å²) < 4.78 is 12.7. The van der Waals surface area contributed by atoms with Crippen molar-refractivity contribution in [3.8, 4) is 5.75 Å². The number of aliphatic hydroxyl groups excluding tert-OH is 3. The zero-order valence-electron chi connectivity index (χ0n) is 9.43. The summed E-state index contributed by atoms with van der Waals surface area (Å²) in [5, 5.41) is 38.7. The summed E-state index contributed by atoms with van der Waals surface area (Å²) in [5.74, 6) is -2.12. The van der Waals surface area contributed by atoms with E-state index in [1.165, 1.54) is 0 Å². The highest BCUT2D eigenvalue weighted by atomic mass is 19.1. The second-order valence-corrected chi connectivity index (χ2v) is 3.87. The summed E-state index contributed by atoms with van der Waals surface area (Å²) in [6.07, 6.45) is 0. The molecule has 0 saturated heterocycles. The SMILES string of the molecule is O=C(NC(CO)(CO)CO)c1ccc(F)cc1O. The van der Waals surface area contributed by atoms with Gasteiger partial charge in [0.25, 0.3) is 5.91 Å². The average Bonchev–Trinajstić information content (AvgIpc) is 2.36. The van der Waals surface area contributed by atoms with Gasteiger partial charge in [-0.3, -0.25) is 4.79 Å². The molecule has 1 rings (SSSR count). The van der Waals surface area contributed by atoms with Gasteiger partial charge in [-0.15, -0.1) is 0 Å². The minimum Gasteiger partial charge on any atom is -0.507 e. The number of carbonyl (C=O) groups excluding carboxylic acids is 1. The van der Waals surface area contributed by atoms with Crippen LogP contribution in [0.5, 0.6) is 5.75 Å². The highest BCUT2D eigenvalue weighted by molar-refractivity contribution is 5.97. The van der Waals surface area contributed by atoms with Gasteiger partial charge in [-0.2, -0.15) is 0 Å². The number of hydrogen-bond acceptors (Lipinski definition) is 5. The van der Waals surface area contributed by atoms with Crippen LogP contribution in [0.15, 0.2) is 18.2 Å². The number of benzene rings is 1. The van der Waals surface area contributed by atoms with Crippen molar-refractivity contribution < 1.29 is 29.6 Å². The number of phenols is 1. The van der Waals surface area contributed by atoms with Gasteiger partial charge in [0.15, 0.2) is 0 Å². The van der Waals surface area contributed by atoms with Gasteiger partial charge in [0.05, 0.1) is 25.4 Å². The molecule has 0 fully saturated rings. The van der Waals surface area contributed by atoms with E-state index in [1.54, 1.807) is 0 Å². The van der Waals surface area contributed by atoms with Crippen molar-refractivity contribution >= 4 is 5.91 Å². The number of aromatic hydroxyl groups is 1. The van der Waals surface area contributed by atoms with Gasteiger partial charge >= 0.3 is 0 Å². The van der Waals surface area contributed by atoms with Gasteiger partial charge in [0, 0.05) is 6.07 Å². The van der Waals surface area contributed by atoms with Crippen molar-refractivity contribution in [3.05, 3.63) is 29.6 Å². The van der Waals surface area contributed by atoms with E-state index in [0.29, 0.717) is 0 Å². The van der Waals surface area contributed by atoms with Crippen molar-refractivity contribution in [2.24, 2.45) is 0 Å². The van der Waals surface area contributed by atoms with Crippen molar-refractivity contribution in [2.75, 3.05) is 19.8 Å². The lowest BCUT2D eigenvalue weighted by Crippen LogP contribution is -2.57. The topological polar surface area (TPSA) is 110 Å². The Balaban J connectivity index is 2.94. The monoisotopic (exact) mass is 259 g/mol. The van der Waals surface area contributed by atoms with Crippen molar-refractivity contribution in [2.45, 2.75) is 5.54 Å². The molecule has 6 nitrogen and oxygen atoms in total. The molecule has 0 radical (unpaired) electrons. The Morgan fingerprint density at radius 2 is 1.78 bits per heavy atom. The fourth-order valence-corrected chi connectivity index (χ4v) is 1.27. The second kappa shape index (κ2) is 5.76. The first-order chi connectivity index (χ1) is 8.48. The molecule has 0 aromatic heterocycles. The van der Waals surface area contributed by atoms with Crippen LogP contribution in [0.2, 0.25) is 0 Å². The number of rotatable bonds is 5. The minimum atomic E-state index is -1.60. The van der Waals surface area contributed by atoms with Gasteiger partial charge in [-0.05, 0) is 12.1 Å². The molecule has 0 unspecified atom stereocenters. The van der Waals surface area contributed by atoms with Gasteiger partial charge in [-0.1, -0.05) is 0 Å². The standard InChI is InChI=1S/C11H14FNO5/c12-7-1-2-8(9(17)3-7)10(18)13-11(4-14,5-15)6-16/h1-3,14-17H,4-6H2,(H,13,18). The van der Waals surface area contributed by atoms with Crippen LogP contribution in [0.25, 0.3) is 0 Å². The molecule has 0 atom stereocenters.